The summed E-state index contributed by atoms with van der Waals surface area (Å²) < 4.78 is 5.83. The molecule has 0 spiro atoms. The SMILES string of the molecule is C=CC(=O)N1CCC[C@H]1CNc1ncnc(N)c1C(=N)c1ccc(Oc2ccccc2)cc1. The Morgan fingerprint density at radius 2 is 1.91 bits per heavy atom. The molecule has 1 aliphatic rings. The van der Waals surface area contributed by atoms with E-state index in [-0.39, 0.29) is 23.5 Å². The van der Waals surface area contributed by atoms with Gasteiger partial charge in [0.2, 0.25) is 5.91 Å². The fraction of sp³-hybridized carbons (Fsp3) is 0.200. The summed E-state index contributed by atoms with van der Waals surface area (Å²) in [5.41, 5.74) is 7.42. The fourth-order valence-corrected chi connectivity index (χ4v) is 3.91. The number of amides is 1. The smallest absolute Gasteiger partial charge is 0.246 e. The molecule has 1 amide bonds. The van der Waals surface area contributed by atoms with Gasteiger partial charge in [-0.1, -0.05) is 24.8 Å². The normalized spacial score (nSPS) is 15.2. The maximum atomic E-state index is 12.1. The summed E-state index contributed by atoms with van der Waals surface area (Å²) in [5.74, 6) is 2.01. The summed E-state index contributed by atoms with van der Waals surface area (Å²) in [4.78, 5) is 22.3. The van der Waals surface area contributed by atoms with Gasteiger partial charge in [0.1, 0.15) is 29.5 Å². The van der Waals surface area contributed by atoms with Gasteiger partial charge >= 0.3 is 0 Å². The summed E-state index contributed by atoms with van der Waals surface area (Å²) >= 11 is 0. The Labute approximate surface area is 192 Å². The van der Waals surface area contributed by atoms with Crippen LogP contribution in [0.1, 0.15) is 24.0 Å². The number of likely N-dealkylation sites (tertiary alicyclic amines) is 1. The molecule has 2 heterocycles. The van der Waals surface area contributed by atoms with Crippen LogP contribution in [0.2, 0.25) is 0 Å². The number of carbonyl (C=O) groups excluding carboxylic acids is 1. The average molecular weight is 443 g/mol. The van der Waals surface area contributed by atoms with Gasteiger partial charge in [0.05, 0.1) is 11.3 Å². The minimum atomic E-state index is -0.0766. The fourth-order valence-electron chi connectivity index (χ4n) is 3.91. The lowest BCUT2D eigenvalue weighted by molar-refractivity contribution is -0.126. The first-order chi connectivity index (χ1) is 16.1. The molecule has 0 saturated carbocycles. The summed E-state index contributed by atoms with van der Waals surface area (Å²) in [5, 5.41) is 12.0. The number of nitrogens with one attached hydrogen (secondary N) is 2. The van der Waals surface area contributed by atoms with Gasteiger partial charge in [0.15, 0.2) is 0 Å². The molecule has 4 N–H and O–H groups in total. The largest absolute Gasteiger partial charge is 0.457 e. The van der Waals surface area contributed by atoms with E-state index in [0.29, 0.717) is 35.8 Å². The quantitative estimate of drug-likeness (QED) is 0.360. The van der Waals surface area contributed by atoms with E-state index in [0.717, 1.165) is 18.6 Å². The minimum absolute atomic E-state index is 0.0307. The van der Waals surface area contributed by atoms with E-state index in [2.05, 4.69) is 21.9 Å². The molecule has 4 rings (SSSR count). The first kappa shape index (κ1) is 22.0. The molecule has 3 aromatic rings. The molecule has 1 atom stereocenters. The van der Waals surface area contributed by atoms with Crippen molar-refractivity contribution in [1.82, 2.24) is 14.9 Å². The van der Waals surface area contributed by atoms with Crippen molar-refractivity contribution in [3.05, 3.63) is 84.7 Å². The van der Waals surface area contributed by atoms with Gasteiger partial charge in [-0.15, -0.1) is 0 Å². The van der Waals surface area contributed by atoms with E-state index in [1.807, 2.05) is 30.3 Å². The highest BCUT2D eigenvalue weighted by Gasteiger charge is 2.27. The molecular weight excluding hydrogens is 416 g/mol. The van der Waals surface area contributed by atoms with Crippen LogP contribution in [-0.2, 0) is 4.79 Å². The standard InChI is InChI=1S/C25H26N6O2/c1-2-21(32)31-14-6-7-18(31)15-28-25-22(24(27)29-16-30-25)23(26)17-10-12-20(13-11-17)33-19-8-4-3-5-9-19/h2-5,8-13,16,18,26H,1,6-7,14-15H2,(H3,27,28,29,30)/t18-/m0/s1. The molecule has 0 radical (unpaired) electrons. The van der Waals surface area contributed by atoms with Crippen molar-refractivity contribution >= 4 is 23.3 Å². The minimum Gasteiger partial charge on any atom is -0.457 e. The average Bonchev–Trinajstić information content (AvgIpc) is 3.32. The number of ether oxygens (including phenoxy) is 1. The van der Waals surface area contributed by atoms with E-state index in [4.69, 9.17) is 15.9 Å². The van der Waals surface area contributed by atoms with Crippen LogP contribution in [0.4, 0.5) is 11.6 Å². The molecule has 0 bridgehead atoms. The van der Waals surface area contributed by atoms with E-state index in [1.54, 1.807) is 29.2 Å². The summed E-state index contributed by atoms with van der Waals surface area (Å²) in [6, 6.07) is 16.8. The van der Waals surface area contributed by atoms with Gasteiger partial charge in [0.25, 0.3) is 0 Å². The second kappa shape index (κ2) is 9.95. The van der Waals surface area contributed by atoms with Gasteiger partial charge in [-0.3, -0.25) is 10.2 Å². The molecule has 1 aromatic heterocycles. The van der Waals surface area contributed by atoms with E-state index < -0.39 is 0 Å². The van der Waals surface area contributed by atoms with Crippen LogP contribution in [-0.4, -0.2) is 45.6 Å². The zero-order chi connectivity index (χ0) is 23.2. The monoisotopic (exact) mass is 442 g/mol. The third-order valence-corrected chi connectivity index (χ3v) is 5.59. The van der Waals surface area contributed by atoms with Crippen molar-refractivity contribution in [3.63, 3.8) is 0 Å². The number of hydrogen-bond donors (Lipinski definition) is 3. The van der Waals surface area contributed by atoms with Crippen molar-refractivity contribution in [2.75, 3.05) is 24.1 Å². The van der Waals surface area contributed by atoms with Gasteiger partial charge in [-0.05, 0) is 55.3 Å². The highest BCUT2D eigenvalue weighted by atomic mass is 16.5. The molecule has 33 heavy (non-hydrogen) atoms. The Balaban J connectivity index is 1.50. The van der Waals surface area contributed by atoms with Crippen molar-refractivity contribution < 1.29 is 9.53 Å². The molecule has 8 nitrogen and oxygen atoms in total. The molecule has 1 fully saturated rings. The van der Waals surface area contributed by atoms with E-state index in [9.17, 15) is 4.79 Å². The van der Waals surface area contributed by atoms with Gasteiger partial charge < -0.3 is 20.7 Å². The zero-order valence-corrected chi connectivity index (χ0v) is 18.2. The maximum Gasteiger partial charge on any atom is 0.246 e. The van der Waals surface area contributed by atoms with Crippen molar-refractivity contribution in [2.24, 2.45) is 0 Å². The predicted molar refractivity (Wildman–Crippen MR) is 129 cm³/mol. The highest BCUT2D eigenvalue weighted by Crippen LogP contribution is 2.26. The number of hydrogen-bond acceptors (Lipinski definition) is 7. The van der Waals surface area contributed by atoms with Crippen LogP contribution in [0, 0.1) is 5.41 Å². The van der Waals surface area contributed by atoms with Crippen molar-refractivity contribution in [1.29, 1.82) is 5.41 Å². The number of nitrogens with two attached hydrogens (primary N) is 1. The number of carbonyl (C=O) groups is 1. The number of para-hydroxylation sites is 1. The lowest BCUT2D eigenvalue weighted by atomic mass is 10.0. The first-order valence-corrected chi connectivity index (χ1v) is 10.8. The van der Waals surface area contributed by atoms with Crippen LogP contribution in [0.25, 0.3) is 0 Å². The van der Waals surface area contributed by atoms with Crippen molar-refractivity contribution in [3.8, 4) is 11.5 Å². The van der Waals surface area contributed by atoms with E-state index >= 15 is 0 Å². The van der Waals surface area contributed by atoms with Crippen LogP contribution >= 0.6 is 0 Å². The second-order valence-electron chi connectivity index (χ2n) is 7.71. The first-order valence-electron chi connectivity index (χ1n) is 10.8. The van der Waals surface area contributed by atoms with Gasteiger partial charge in [-0.2, -0.15) is 0 Å². The van der Waals surface area contributed by atoms with Gasteiger partial charge in [-0.25, -0.2) is 9.97 Å². The number of nitrogen functional groups attached to an aromatic ring is 1. The van der Waals surface area contributed by atoms with Crippen LogP contribution in [0.3, 0.4) is 0 Å². The molecule has 168 valence electrons. The van der Waals surface area contributed by atoms with Crippen LogP contribution < -0.4 is 15.8 Å². The Hall–Kier alpha value is -4.20. The highest BCUT2D eigenvalue weighted by molar-refractivity contribution is 6.16. The molecule has 0 aliphatic carbocycles. The van der Waals surface area contributed by atoms with Crippen molar-refractivity contribution in [2.45, 2.75) is 18.9 Å². The third-order valence-electron chi connectivity index (χ3n) is 5.59. The second-order valence-corrected chi connectivity index (χ2v) is 7.71. The van der Waals surface area contributed by atoms with E-state index in [1.165, 1.54) is 12.4 Å². The predicted octanol–water partition coefficient (Wildman–Crippen LogP) is 3.86. The molecule has 0 unspecified atom stereocenters. The van der Waals surface area contributed by atoms with Gasteiger partial charge in [0, 0.05) is 24.7 Å². The summed E-state index contributed by atoms with van der Waals surface area (Å²) in [7, 11) is 0. The molecule has 1 saturated heterocycles. The number of benzene rings is 2. The van der Waals surface area contributed by atoms with Crippen LogP contribution in [0.5, 0.6) is 11.5 Å². The molecule has 1 aliphatic heterocycles. The number of aromatic nitrogens is 2. The zero-order valence-electron chi connectivity index (χ0n) is 18.2. The maximum absolute atomic E-state index is 12.1. The molecule has 8 heteroatoms. The number of anilines is 2. The Morgan fingerprint density at radius 3 is 2.64 bits per heavy atom. The molecular formula is C25H26N6O2. The number of rotatable bonds is 8. The lowest BCUT2D eigenvalue weighted by Crippen LogP contribution is -2.38. The summed E-state index contributed by atoms with van der Waals surface area (Å²) in [6.07, 6.45) is 4.54. The Kier molecular flexibility index (Phi) is 6.64. The molecule has 2 aromatic carbocycles. The Bertz CT molecular complexity index is 1150. The Morgan fingerprint density at radius 1 is 1.18 bits per heavy atom. The summed E-state index contributed by atoms with van der Waals surface area (Å²) in [6.45, 7) is 4.80. The topological polar surface area (TPSA) is 117 Å². The lowest BCUT2D eigenvalue weighted by Gasteiger charge is -2.24. The number of nitrogens with zero attached hydrogens (tertiary/aromatic N) is 3. The van der Waals surface area contributed by atoms with Crippen LogP contribution in [0.15, 0.2) is 73.6 Å². The third kappa shape index (κ3) is 5.01.